The van der Waals surface area contributed by atoms with Crippen LogP contribution in [0.15, 0.2) is 78.0 Å². The topological polar surface area (TPSA) is 120 Å². The van der Waals surface area contributed by atoms with Gasteiger partial charge in [0.25, 0.3) is 10.0 Å². The molecule has 1 aliphatic rings. The summed E-state index contributed by atoms with van der Waals surface area (Å²) >= 11 is 0. The van der Waals surface area contributed by atoms with E-state index in [9.17, 15) is 17.6 Å². The van der Waals surface area contributed by atoms with Crippen molar-refractivity contribution in [2.45, 2.75) is 50.2 Å². The highest BCUT2D eigenvalue weighted by Crippen LogP contribution is 2.36. The van der Waals surface area contributed by atoms with Gasteiger partial charge < -0.3 is 23.8 Å². The molecule has 0 radical (unpaired) electrons. The van der Waals surface area contributed by atoms with E-state index in [0.717, 1.165) is 9.87 Å². The van der Waals surface area contributed by atoms with E-state index < -0.39 is 55.7 Å². The van der Waals surface area contributed by atoms with Gasteiger partial charge in [0.05, 0.1) is 27.4 Å². The standard InChI is InChI=1S/C36H39F3N4O7S/c1-36(2,3)50-35(44)42-16-13-28(23-7-10-26(37)11-8-23)25(20-42)22-49-32-18-30(39)33(19-29(32)38)51(45,46)43(34-40-14-6-15-41-34)21-24-9-12-27(47-4)17-31(24)48-5/h6-12,14-15,17-19,25,28H,13,16,20-22H2,1-5H3/t25-,28-/m0/s1. The zero-order valence-electron chi connectivity index (χ0n) is 28.8. The first-order valence-electron chi connectivity index (χ1n) is 16.1. The van der Waals surface area contributed by atoms with E-state index in [4.69, 9.17) is 18.9 Å². The molecule has 4 aromatic rings. The Balaban J connectivity index is 1.42. The molecule has 1 saturated heterocycles. The van der Waals surface area contributed by atoms with Crippen molar-refractivity contribution < 1.29 is 45.3 Å². The van der Waals surface area contributed by atoms with E-state index >= 15 is 8.78 Å². The molecule has 2 atom stereocenters. The van der Waals surface area contributed by atoms with E-state index in [1.165, 1.54) is 49.7 Å². The molecule has 1 amide bonds. The smallest absolute Gasteiger partial charge is 0.410 e. The van der Waals surface area contributed by atoms with Crippen LogP contribution in [-0.4, -0.2) is 68.9 Å². The van der Waals surface area contributed by atoms with Crippen molar-refractivity contribution in [1.29, 1.82) is 0 Å². The Morgan fingerprint density at radius 3 is 2.29 bits per heavy atom. The fourth-order valence-corrected chi connectivity index (χ4v) is 7.21. The molecule has 51 heavy (non-hydrogen) atoms. The number of benzene rings is 3. The summed E-state index contributed by atoms with van der Waals surface area (Å²) in [6.45, 7) is 5.20. The largest absolute Gasteiger partial charge is 0.497 e. The molecule has 0 N–H and O–H groups in total. The number of piperidine rings is 1. The minimum Gasteiger partial charge on any atom is -0.497 e. The summed E-state index contributed by atoms with van der Waals surface area (Å²) < 4.78 is 96.0. The second kappa shape index (κ2) is 15.5. The molecule has 272 valence electrons. The van der Waals surface area contributed by atoms with Crippen LogP contribution in [0.3, 0.4) is 0 Å². The molecule has 2 heterocycles. The number of anilines is 1. The lowest BCUT2D eigenvalue weighted by atomic mass is 9.81. The summed E-state index contributed by atoms with van der Waals surface area (Å²) in [7, 11) is -1.96. The lowest BCUT2D eigenvalue weighted by Crippen LogP contribution is -2.46. The predicted molar refractivity (Wildman–Crippen MR) is 182 cm³/mol. The number of rotatable bonds is 11. The molecule has 3 aromatic carbocycles. The van der Waals surface area contributed by atoms with Gasteiger partial charge in [-0.2, -0.15) is 0 Å². The molecule has 0 spiro atoms. The van der Waals surface area contributed by atoms with Gasteiger partial charge in [0, 0.05) is 55.2 Å². The number of hydrogen-bond acceptors (Lipinski definition) is 9. The van der Waals surface area contributed by atoms with E-state index in [1.54, 1.807) is 51.1 Å². The molecule has 15 heteroatoms. The number of hydrogen-bond donors (Lipinski definition) is 0. The van der Waals surface area contributed by atoms with Gasteiger partial charge in [-0.1, -0.05) is 12.1 Å². The maximum Gasteiger partial charge on any atom is 0.410 e. The van der Waals surface area contributed by atoms with Gasteiger partial charge in [-0.25, -0.2) is 40.7 Å². The predicted octanol–water partition coefficient (Wildman–Crippen LogP) is 6.73. The van der Waals surface area contributed by atoms with Crippen LogP contribution < -0.4 is 18.5 Å². The Labute approximate surface area is 295 Å². The Kier molecular flexibility index (Phi) is 11.3. The quantitative estimate of drug-likeness (QED) is 0.166. The third-order valence-electron chi connectivity index (χ3n) is 8.27. The van der Waals surface area contributed by atoms with Crippen molar-refractivity contribution >= 4 is 22.1 Å². The maximum atomic E-state index is 15.8. The van der Waals surface area contributed by atoms with E-state index in [1.807, 2.05) is 0 Å². The number of aromatic nitrogens is 2. The first-order chi connectivity index (χ1) is 24.2. The van der Waals surface area contributed by atoms with Crippen molar-refractivity contribution in [3.8, 4) is 17.2 Å². The first kappa shape index (κ1) is 37.2. The molecule has 1 aromatic heterocycles. The Hall–Kier alpha value is -5.05. The number of carbonyl (C=O) groups excluding carboxylic acids is 1. The van der Waals surface area contributed by atoms with Crippen LogP contribution in [-0.2, 0) is 21.3 Å². The van der Waals surface area contributed by atoms with Crippen LogP contribution in [0, 0.1) is 23.4 Å². The van der Waals surface area contributed by atoms with Gasteiger partial charge in [-0.3, -0.25) is 0 Å². The SMILES string of the molecule is COc1ccc(CN(c2ncccn2)S(=O)(=O)c2cc(F)c(OC[C@@H]3CN(C(=O)OC(C)(C)C)CC[C@H]3c3ccc(F)cc3)cc2F)c(OC)c1. The van der Waals surface area contributed by atoms with Crippen LogP contribution in [0.25, 0.3) is 0 Å². The van der Waals surface area contributed by atoms with Crippen molar-refractivity contribution in [1.82, 2.24) is 14.9 Å². The molecule has 0 bridgehead atoms. The average molecular weight is 729 g/mol. The molecule has 0 unspecified atom stereocenters. The third-order valence-corrected chi connectivity index (χ3v) is 10.0. The van der Waals surface area contributed by atoms with Crippen LogP contribution in [0.2, 0.25) is 0 Å². The summed E-state index contributed by atoms with van der Waals surface area (Å²) in [4.78, 5) is 21.6. The second-order valence-electron chi connectivity index (χ2n) is 12.9. The van der Waals surface area contributed by atoms with Gasteiger partial charge in [-0.15, -0.1) is 0 Å². The van der Waals surface area contributed by atoms with Crippen LogP contribution in [0.1, 0.15) is 44.2 Å². The molecular weight excluding hydrogens is 689 g/mol. The summed E-state index contributed by atoms with van der Waals surface area (Å²) in [5.41, 5.74) is 0.431. The Morgan fingerprint density at radius 1 is 0.941 bits per heavy atom. The van der Waals surface area contributed by atoms with E-state index in [-0.39, 0.29) is 37.3 Å². The fraction of sp³-hybridized carbons (Fsp3) is 0.361. The summed E-state index contributed by atoms with van der Waals surface area (Å²) in [6.07, 6.45) is 2.58. The summed E-state index contributed by atoms with van der Waals surface area (Å²) in [6, 6.07) is 13.4. The molecule has 0 aliphatic carbocycles. The van der Waals surface area contributed by atoms with Gasteiger partial charge in [0.2, 0.25) is 5.95 Å². The molecule has 5 rings (SSSR count). The number of sulfonamides is 1. The number of ether oxygens (including phenoxy) is 4. The lowest BCUT2D eigenvalue weighted by molar-refractivity contribution is 0.0110. The summed E-state index contributed by atoms with van der Waals surface area (Å²) in [5, 5.41) is 0. The third kappa shape index (κ3) is 8.82. The minimum atomic E-state index is -4.82. The Bertz CT molecular complexity index is 1950. The van der Waals surface area contributed by atoms with Crippen molar-refractivity contribution in [3.63, 3.8) is 0 Å². The van der Waals surface area contributed by atoms with E-state index in [0.29, 0.717) is 36.4 Å². The number of carbonyl (C=O) groups is 1. The van der Waals surface area contributed by atoms with Crippen molar-refractivity contribution in [2.75, 3.05) is 38.2 Å². The Morgan fingerprint density at radius 2 is 1.65 bits per heavy atom. The lowest BCUT2D eigenvalue weighted by Gasteiger charge is -2.39. The van der Waals surface area contributed by atoms with Crippen LogP contribution in [0.5, 0.6) is 17.2 Å². The van der Waals surface area contributed by atoms with Gasteiger partial charge in [0.15, 0.2) is 11.6 Å². The highest BCUT2D eigenvalue weighted by Gasteiger charge is 2.36. The number of amides is 1. The van der Waals surface area contributed by atoms with Crippen molar-refractivity contribution in [3.05, 3.63) is 102 Å². The first-order valence-corrected chi connectivity index (χ1v) is 17.5. The van der Waals surface area contributed by atoms with Crippen molar-refractivity contribution in [2.24, 2.45) is 5.92 Å². The van der Waals surface area contributed by atoms with Crippen LogP contribution in [0.4, 0.5) is 23.9 Å². The van der Waals surface area contributed by atoms with E-state index in [2.05, 4.69) is 9.97 Å². The minimum absolute atomic E-state index is 0.161. The number of halogens is 3. The average Bonchev–Trinajstić information content (AvgIpc) is 3.10. The number of nitrogens with zero attached hydrogens (tertiary/aromatic N) is 4. The zero-order chi connectivity index (χ0) is 36.9. The van der Waals surface area contributed by atoms with Gasteiger partial charge >= 0.3 is 6.09 Å². The maximum absolute atomic E-state index is 15.8. The van der Waals surface area contributed by atoms with Gasteiger partial charge in [-0.05, 0) is 69.0 Å². The molecule has 1 aliphatic heterocycles. The highest BCUT2D eigenvalue weighted by atomic mass is 32.2. The summed E-state index contributed by atoms with van der Waals surface area (Å²) in [5.74, 6) is -3.54. The molecular formula is C36H39F3N4O7S. The zero-order valence-corrected chi connectivity index (χ0v) is 29.6. The van der Waals surface area contributed by atoms with Crippen LogP contribution >= 0.6 is 0 Å². The van der Waals surface area contributed by atoms with Gasteiger partial charge in [0.1, 0.15) is 33.6 Å². The molecule has 0 saturated carbocycles. The highest BCUT2D eigenvalue weighted by molar-refractivity contribution is 7.92. The molecule has 11 nitrogen and oxygen atoms in total. The monoisotopic (exact) mass is 728 g/mol. The fourth-order valence-electron chi connectivity index (χ4n) is 5.80. The second-order valence-corrected chi connectivity index (χ2v) is 14.7. The number of methoxy groups -OCH3 is 2. The molecule has 1 fully saturated rings. The normalized spacial score (nSPS) is 16.4. The number of likely N-dealkylation sites (tertiary alicyclic amines) is 1.